The number of ether oxygens (including phenoxy) is 1. The molecular weight excluding hydrogens is 376 g/mol. The molecule has 3 heterocycles. The number of nitrogens with zero attached hydrogens (tertiary/aromatic N) is 4. The van der Waals surface area contributed by atoms with Crippen LogP contribution in [-0.4, -0.2) is 59.8 Å². The molecule has 1 aromatic carbocycles. The highest BCUT2D eigenvalue weighted by Crippen LogP contribution is 2.32. The van der Waals surface area contributed by atoms with Crippen LogP contribution in [0.1, 0.15) is 25.1 Å². The van der Waals surface area contributed by atoms with Gasteiger partial charge >= 0.3 is 0 Å². The molecule has 1 aliphatic rings. The molecule has 1 saturated heterocycles. The first-order valence-corrected chi connectivity index (χ1v) is 9.50. The number of aliphatic hydroxyl groups excluding tert-OH is 3. The number of hydrogen-bond acceptors (Lipinski definition) is 9. The molecule has 6 N–H and O–H groups in total. The summed E-state index contributed by atoms with van der Waals surface area (Å²) in [6, 6.07) is 7.96. The van der Waals surface area contributed by atoms with Gasteiger partial charge in [-0.05, 0) is 24.1 Å². The Labute approximate surface area is 167 Å². The van der Waals surface area contributed by atoms with E-state index in [1.165, 1.54) is 16.5 Å². The smallest absolute Gasteiger partial charge is 0.231 e. The summed E-state index contributed by atoms with van der Waals surface area (Å²) in [6.45, 7) is 1.72. The fraction of sp³-hybridized carbons (Fsp3) is 0.421. The number of aliphatic hydroxyl groups is 3. The van der Waals surface area contributed by atoms with E-state index in [2.05, 4.69) is 27.2 Å². The van der Waals surface area contributed by atoms with E-state index in [0.717, 1.165) is 18.5 Å². The van der Waals surface area contributed by atoms with Crippen molar-refractivity contribution in [2.75, 3.05) is 17.7 Å². The summed E-state index contributed by atoms with van der Waals surface area (Å²) in [4.78, 5) is 12.9. The number of aryl methyl sites for hydroxylation is 1. The Morgan fingerprint density at radius 2 is 1.93 bits per heavy atom. The average Bonchev–Trinajstić information content (AvgIpc) is 3.25. The number of anilines is 3. The van der Waals surface area contributed by atoms with Crippen LogP contribution in [0.4, 0.5) is 17.5 Å². The Morgan fingerprint density at radius 1 is 1.17 bits per heavy atom. The van der Waals surface area contributed by atoms with Gasteiger partial charge in [-0.25, -0.2) is 4.98 Å². The van der Waals surface area contributed by atoms with Gasteiger partial charge in [-0.1, -0.05) is 25.5 Å². The van der Waals surface area contributed by atoms with Gasteiger partial charge in [-0.15, -0.1) is 0 Å². The molecule has 3 aromatic rings. The van der Waals surface area contributed by atoms with Crippen LogP contribution in [0.25, 0.3) is 11.2 Å². The minimum atomic E-state index is -1.25. The van der Waals surface area contributed by atoms with Crippen molar-refractivity contribution < 1.29 is 20.1 Å². The van der Waals surface area contributed by atoms with Crippen LogP contribution in [0, 0.1) is 0 Å². The van der Waals surface area contributed by atoms with Crippen LogP contribution < -0.4 is 11.1 Å². The molecule has 2 aromatic heterocycles. The molecule has 10 nitrogen and oxygen atoms in total. The van der Waals surface area contributed by atoms with Crippen molar-refractivity contribution in [3.63, 3.8) is 0 Å². The van der Waals surface area contributed by atoms with Crippen molar-refractivity contribution in [1.82, 2.24) is 19.5 Å². The lowest BCUT2D eigenvalue weighted by atomic mass is 10.1. The molecule has 29 heavy (non-hydrogen) atoms. The monoisotopic (exact) mass is 400 g/mol. The van der Waals surface area contributed by atoms with Gasteiger partial charge in [0.1, 0.15) is 23.8 Å². The van der Waals surface area contributed by atoms with E-state index in [1.807, 2.05) is 24.3 Å². The van der Waals surface area contributed by atoms with Gasteiger partial charge in [0, 0.05) is 5.69 Å². The first kappa shape index (κ1) is 19.5. The van der Waals surface area contributed by atoms with Crippen LogP contribution in [0.15, 0.2) is 30.6 Å². The highest BCUT2D eigenvalue weighted by Gasteiger charge is 2.44. The molecule has 1 fully saturated rings. The molecular formula is C19H24N6O4. The molecule has 154 valence electrons. The van der Waals surface area contributed by atoms with E-state index < -0.39 is 31.1 Å². The maximum Gasteiger partial charge on any atom is 0.231 e. The molecule has 0 saturated carbocycles. The maximum atomic E-state index is 10.3. The number of nitrogen functional groups attached to an aromatic ring is 1. The number of aromatic nitrogens is 4. The number of rotatable bonds is 6. The molecule has 0 spiro atoms. The van der Waals surface area contributed by atoms with E-state index in [9.17, 15) is 15.3 Å². The third kappa shape index (κ3) is 3.62. The van der Waals surface area contributed by atoms with Crippen LogP contribution in [0.2, 0.25) is 0 Å². The van der Waals surface area contributed by atoms with E-state index in [4.69, 9.17) is 10.5 Å². The molecule has 1 aliphatic heterocycles. The zero-order valence-electron chi connectivity index (χ0n) is 15.9. The summed E-state index contributed by atoms with van der Waals surface area (Å²) in [5.74, 6) is 0.442. The lowest BCUT2D eigenvalue weighted by Crippen LogP contribution is -2.33. The topological polar surface area (TPSA) is 152 Å². The van der Waals surface area contributed by atoms with Crippen molar-refractivity contribution in [2.45, 2.75) is 44.3 Å². The van der Waals surface area contributed by atoms with Crippen molar-refractivity contribution >= 4 is 28.6 Å². The highest BCUT2D eigenvalue weighted by atomic mass is 16.6. The molecule has 0 bridgehead atoms. The Balaban J connectivity index is 1.65. The van der Waals surface area contributed by atoms with Gasteiger partial charge in [0.15, 0.2) is 17.7 Å². The molecule has 4 rings (SSSR count). The summed E-state index contributed by atoms with van der Waals surface area (Å²) >= 11 is 0. The van der Waals surface area contributed by atoms with Crippen LogP contribution in [0.3, 0.4) is 0 Å². The van der Waals surface area contributed by atoms with Crippen molar-refractivity contribution in [2.24, 2.45) is 0 Å². The summed E-state index contributed by atoms with van der Waals surface area (Å²) < 4.78 is 7.05. The number of benzene rings is 1. The number of nitrogens with one attached hydrogen (secondary N) is 1. The van der Waals surface area contributed by atoms with E-state index >= 15 is 0 Å². The van der Waals surface area contributed by atoms with E-state index in [-0.39, 0.29) is 11.8 Å². The van der Waals surface area contributed by atoms with Gasteiger partial charge < -0.3 is 31.1 Å². The first-order valence-electron chi connectivity index (χ1n) is 9.50. The van der Waals surface area contributed by atoms with Crippen molar-refractivity contribution in [3.8, 4) is 0 Å². The summed E-state index contributed by atoms with van der Waals surface area (Å²) in [6.07, 6.45) is -0.815. The minimum absolute atomic E-state index is 0.172. The molecule has 0 aliphatic carbocycles. The number of fused-ring (bicyclic) bond motifs is 1. The number of imidazole rings is 1. The standard InChI is InChI=1S/C19H24N6O4/c1-2-3-10-4-6-11(7-5-10)22-19-23-16(20)13-17(24-19)25(9-21-13)18-15(28)14(27)12(8-26)29-18/h4-7,9,12,14-15,18,26-28H,2-3,8H2,1H3,(H3,20,22,23,24)/t12-,14-,15-,18-/m1/s1. The quantitative estimate of drug-likeness (QED) is 0.403. The molecule has 4 atom stereocenters. The van der Waals surface area contributed by atoms with E-state index in [0.29, 0.717) is 11.2 Å². The van der Waals surface area contributed by atoms with Gasteiger partial charge in [0.05, 0.1) is 12.9 Å². The normalized spacial score (nSPS) is 24.3. The first-order chi connectivity index (χ1) is 14.0. The highest BCUT2D eigenvalue weighted by molar-refractivity contribution is 5.83. The summed E-state index contributed by atoms with van der Waals surface area (Å²) in [5, 5.41) is 32.8. The lowest BCUT2D eigenvalue weighted by Gasteiger charge is -2.17. The van der Waals surface area contributed by atoms with E-state index in [1.54, 1.807) is 0 Å². The molecule has 10 heteroatoms. The zero-order valence-corrected chi connectivity index (χ0v) is 15.9. The second-order valence-electron chi connectivity index (χ2n) is 7.06. The minimum Gasteiger partial charge on any atom is -0.394 e. The SMILES string of the molecule is CCCc1ccc(Nc2nc(N)c3ncn([C@@H]4O[C@H](CO)[C@@H](O)[C@H]4O)c3n2)cc1. The molecule has 0 radical (unpaired) electrons. The second-order valence-corrected chi connectivity index (χ2v) is 7.06. The zero-order chi connectivity index (χ0) is 20.5. The molecule has 0 amide bonds. The summed E-state index contributed by atoms with van der Waals surface area (Å²) in [7, 11) is 0. The number of hydrogen-bond donors (Lipinski definition) is 5. The fourth-order valence-corrected chi connectivity index (χ4v) is 3.46. The van der Waals surface area contributed by atoms with Crippen molar-refractivity contribution in [3.05, 3.63) is 36.2 Å². The predicted molar refractivity (Wildman–Crippen MR) is 106 cm³/mol. The fourth-order valence-electron chi connectivity index (χ4n) is 3.46. The number of nitrogens with two attached hydrogens (primary N) is 1. The lowest BCUT2D eigenvalue weighted by molar-refractivity contribution is -0.0511. The van der Waals surface area contributed by atoms with Gasteiger partial charge in [0.25, 0.3) is 0 Å². The molecule has 0 unspecified atom stereocenters. The Bertz CT molecular complexity index is 992. The Morgan fingerprint density at radius 3 is 2.59 bits per heavy atom. The van der Waals surface area contributed by atoms with Gasteiger partial charge in [-0.3, -0.25) is 4.57 Å². The van der Waals surface area contributed by atoms with Gasteiger partial charge in [0.2, 0.25) is 5.95 Å². The maximum absolute atomic E-state index is 10.3. The Kier molecular flexibility index (Phi) is 5.33. The van der Waals surface area contributed by atoms with Crippen molar-refractivity contribution in [1.29, 1.82) is 0 Å². The second kappa shape index (κ2) is 7.91. The third-order valence-corrected chi connectivity index (χ3v) is 4.99. The Hall–Kier alpha value is -2.79. The van der Waals surface area contributed by atoms with Crippen LogP contribution in [0.5, 0.6) is 0 Å². The van der Waals surface area contributed by atoms with Crippen LogP contribution in [-0.2, 0) is 11.2 Å². The average molecular weight is 400 g/mol. The van der Waals surface area contributed by atoms with Crippen LogP contribution >= 0.6 is 0 Å². The predicted octanol–water partition coefficient (Wildman–Crippen LogP) is 0.716. The van der Waals surface area contributed by atoms with Gasteiger partial charge in [-0.2, -0.15) is 9.97 Å². The third-order valence-electron chi connectivity index (χ3n) is 4.99. The summed E-state index contributed by atoms with van der Waals surface area (Å²) in [5.41, 5.74) is 8.79. The largest absolute Gasteiger partial charge is 0.394 e.